The van der Waals surface area contributed by atoms with Crippen LogP contribution in [0.25, 0.3) is 0 Å². The zero-order valence-corrected chi connectivity index (χ0v) is 10.5. The molecule has 0 aromatic rings. The number of hydrazine groups is 1. The SMILES string of the molecule is CC1CN(C)NC(C)(C(C)(C)C)S1. The Morgan fingerprint density at radius 3 is 2.38 bits per heavy atom. The molecule has 0 aromatic heterocycles. The Bertz CT molecular complexity index is 176. The molecule has 0 spiro atoms. The van der Waals surface area contributed by atoms with Gasteiger partial charge in [0.2, 0.25) is 0 Å². The lowest BCUT2D eigenvalue weighted by atomic mass is 9.87. The van der Waals surface area contributed by atoms with E-state index < -0.39 is 0 Å². The average molecular weight is 202 g/mol. The highest BCUT2D eigenvalue weighted by Crippen LogP contribution is 2.43. The van der Waals surface area contributed by atoms with Crippen LogP contribution in [-0.2, 0) is 0 Å². The molecule has 13 heavy (non-hydrogen) atoms. The zero-order chi connectivity index (χ0) is 10.3. The highest BCUT2D eigenvalue weighted by molar-refractivity contribution is 8.01. The van der Waals surface area contributed by atoms with Crippen molar-refractivity contribution in [1.82, 2.24) is 10.4 Å². The van der Waals surface area contributed by atoms with Crippen molar-refractivity contribution in [3.8, 4) is 0 Å². The van der Waals surface area contributed by atoms with Crippen LogP contribution >= 0.6 is 11.8 Å². The minimum Gasteiger partial charge on any atom is -0.245 e. The van der Waals surface area contributed by atoms with Crippen molar-refractivity contribution in [2.24, 2.45) is 5.41 Å². The summed E-state index contributed by atoms with van der Waals surface area (Å²) in [5.74, 6) is 0. The van der Waals surface area contributed by atoms with Gasteiger partial charge in [0.25, 0.3) is 0 Å². The lowest BCUT2D eigenvalue weighted by Crippen LogP contribution is -2.61. The maximum atomic E-state index is 3.56. The van der Waals surface area contributed by atoms with Gasteiger partial charge in [-0.2, -0.15) is 0 Å². The van der Waals surface area contributed by atoms with Crippen molar-refractivity contribution in [2.45, 2.75) is 44.7 Å². The van der Waals surface area contributed by atoms with Gasteiger partial charge in [-0.3, -0.25) is 0 Å². The molecule has 3 heteroatoms. The van der Waals surface area contributed by atoms with Crippen molar-refractivity contribution in [3.05, 3.63) is 0 Å². The van der Waals surface area contributed by atoms with E-state index in [9.17, 15) is 0 Å². The van der Waals surface area contributed by atoms with Gasteiger partial charge in [0.1, 0.15) is 0 Å². The second-order valence-electron chi connectivity index (χ2n) is 5.20. The quantitative estimate of drug-likeness (QED) is 0.649. The first-order valence-electron chi connectivity index (χ1n) is 4.91. The first-order valence-corrected chi connectivity index (χ1v) is 5.79. The van der Waals surface area contributed by atoms with E-state index in [-0.39, 0.29) is 10.3 Å². The lowest BCUT2D eigenvalue weighted by molar-refractivity contribution is 0.108. The summed E-state index contributed by atoms with van der Waals surface area (Å²) in [5, 5.41) is 2.92. The van der Waals surface area contributed by atoms with E-state index in [1.165, 1.54) is 0 Å². The largest absolute Gasteiger partial charge is 0.245 e. The van der Waals surface area contributed by atoms with Gasteiger partial charge < -0.3 is 0 Å². The number of hydrogen-bond donors (Lipinski definition) is 1. The van der Waals surface area contributed by atoms with Crippen LogP contribution in [0, 0.1) is 5.41 Å². The van der Waals surface area contributed by atoms with E-state index in [1.807, 2.05) is 11.8 Å². The van der Waals surface area contributed by atoms with Gasteiger partial charge in [-0.1, -0.05) is 27.7 Å². The first-order chi connectivity index (χ1) is 5.74. The average Bonchev–Trinajstić information content (AvgIpc) is 1.79. The standard InChI is InChI=1S/C10H22N2S/c1-8-7-12(6)11-10(5,13-8)9(2,3)4/h8,11H,7H2,1-6H3. The second-order valence-corrected chi connectivity index (χ2v) is 7.06. The van der Waals surface area contributed by atoms with Crippen LogP contribution in [0.15, 0.2) is 0 Å². The molecule has 1 aliphatic rings. The molecule has 2 unspecified atom stereocenters. The Balaban J connectivity index is 2.78. The Morgan fingerprint density at radius 2 is 2.00 bits per heavy atom. The minimum atomic E-state index is 0.152. The highest BCUT2D eigenvalue weighted by atomic mass is 32.2. The fourth-order valence-electron chi connectivity index (χ4n) is 1.61. The van der Waals surface area contributed by atoms with E-state index in [0.717, 1.165) is 6.54 Å². The topological polar surface area (TPSA) is 15.3 Å². The molecular weight excluding hydrogens is 180 g/mol. The van der Waals surface area contributed by atoms with Crippen LogP contribution in [0.1, 0.15) is 34.6 Å². The predicted octanol–water partition coefficient (Wildman–Crippen LogP) is 2.32. The third kappa shape index (κ3) is 2.39. The molecule has 1 heterocycles. The Hall–Kier alpha value is 0.270. The molecule has 1 saturated heterocycles. The molecule has 0 amide bonds. The number of hydrogen-bond acceptors (Lipinski definition) is 3. The molecule has 0 radical (unpaired) electrons. The van der Waals surface area contributed by atoms with Crippen LogP contribution in [0.3, 0.4) is 0 Å². The summed E-state index contributed by atoms with van der Waals surface area (Å²) in [5.41, 5.74) is 3.84. The number of nitrogens with zero attached hydrogens (tertiary/aromatic N) is 1. The van der Waals surface area contributed by atoms with E-state index in [2.05, 4.69) is 52.1 Å². The summed E-state index contributed by atoms with van der Waals surface area (Å²) in [7, 11) is 2.13. The Kier molecular flexibility index (Phi) is 3.01. The van der Waals surface area contributed by atoms with Crippen molar-refractivity contribution >= 4 is 11.8 Å². The van der Waals surface area contributed by atoms with Gasteiger partial charge in [-0.15, -0.1) is 11.8 Å². The van der Waals surface area contributed by atoms with Gasteiger partial charge in [-0.25, -0.2) is 10.4 Å². The first kappa shape index (κ1) is 11.3. The van der Waals surface area contributed by atoms with Crippen LogP contribution in [0.2, 0.25) is 0 Å². The molecule has 0 saturated carbocycles. The predicted molar refractivity (Wildman–Crippen MR) is 60.7 cm³/mol. The van der Waals surface area contributed by atoms with Gasteiger partial charge in [0.15, 0.2) is 0 Å². The highest BCUT2D eigenvalue weighted by Gasteiger charge is 2.42. The Morgan fingerprint density at radius 1 is 1.46 bits per heavy atom. The molecule has 2 atom stereocenters. The fraction of sp³-hybridized carbons (Fsp3) is 1.00. The van der Waals surface area contributed by atoms with Crippen molar-refractivity contribution in [2.75, 3.05) is 13.6 Å². The third-order valence-corrected chi connectivity index (χ3v) is 4.53. The van der Waals surface area contributed by atoms with Gasteiger partial charge in [0.05, 0.1) is 4.87 Å². The lowest BCUT2D eigenvalue weighted by Gasteiger charge is -2.50. The van der Waals surface area contributed by atoms with Gasteiger partial charge in [-0.05, 0) is 12.3 Å². The minimum absolute atomic E-state index is 0.152. The smallest absolute Gasteiger partial charge is 0.0799 e. The molecular formula is C10H22N2S. The monoisotopic (exact) mass is 202 g/mol. The van der Waals surface area contributed by atoms with Crippen molar-refractivity contribution in [3.63, 3.8) is 0 Å². The molecule has 1 N–H and O–H groups in total. The summed E-state index contributed by atoms with van der Waals surface area (Å²) in [6.07, 6.45) is 0. The molecule has 1 aliphatic heterocycles. The molecule has 0 aromatic carbocycles. The van der Waals surface area contributed by atoms with E-state index >= 15 is 0 Å². The molecule has 0 bridgehead atoms. The van der Waals surface area contributed by atoms with Crippen molar-refractivity contribution in [1.29, 1.82) is 0 Å². The normalized spacial score (nSPS) is 37.8. The summed E-state index contributed by atoms with van der Waals surface area (Å²) < 4.78 is 0. The summed E-state index contributed by atoms with van der Waals surface area (Å²) >= 11 is 2.05. The number of rotatable bonds is 0. The Labute approximate surface area is 86.4 Å². The summed E-state index contributed by atoms with van der Waals surface area (Å²) in [6, 6.07) is 0. The zero-order valence-electron chi connectivity index (χ0n) is 9.64. The van der Waals surface area contributed by atoms with Crippen LogP contribution in [0.4, 0.5) is 0 Å². The molecule has 0 aliphatic carbocycles. The maximum absolute atomic E-state index is 3.56. The molecule has 78 valence electrons. The molecule has 1 rings (SSSR count). The van der Waals surface area contributed by atoms with Gasteiger partial charge in [0, 0.05) is 18.8 Å². The summed E-state index contributed by atoms with van der Waals surface area (Å²) in [4.78, 5) is 0.152. The van der Waals surface area contributed by atoms with Crippen molar-refractivity contribution < 1.29 is 0 Å². The van der Waals surface area contributed by atoms with Crippen LogP contribution in [-0.4, -0.2) is 28.7 Å². The fourth-order valence-corrected chi connectivity index (χ4v) is 3.27. The molecule has 2 nitrogen and oxygen atoms in total. The van der Waals surface area contributed by atoms with Crippen LogP contribution in [0.5, 0.6) is 0 Å². The number of nitrogens with one attached hydrogen (secondary N) is 1. The maximum Gasteiger partial charge on any atom is 0.0799 e. The van der Waals surface area contributed by atoms with Crippen LogP contribution < -0.4 is 5.43 Å². The van der Waals surface area contributed by atoms with E-state index in [0.29, 0.717) is 5.25 Å². The summed E-state index contributed by atoms with van der Waals surface area (Å²) in [6.45, 7) is 12.6. The molecule has 1 fully saturated rings. The second kappa shape index (κ2) is 3.44. The third-order valence-electron chi connectivity index (χ3n) is 2.80. The number of thioether (sulfide) groups is 1. The van der Waals surface area contributed by atoms with E-state index in [1.54, 1.807) is 0 Å². The van der Waals surface area contributed by atoms with Gasteiger partial charge >= 0.3 is 0 Å². The van der Waals surface area contributed by atoms with E-state index in [4.69, 9.17) is 0 Å².